The molecule has 0 aromatic rings. The van der Waals surface area contributed by atoms with E-state index in [2.05, 4.69) is 0 Å². The molecule has 0 aromatic heterocycles. The van der Waals surface area contributed by atoms with Gasteiger partial charge in [-0.1, -0.05) is 6.08 Å². The smallest absolute Gasteiger partial charge is 0.366 e. The number of phosphoric acid groups is 1. The van der Waals surface area contributed by atoms with Crippen LogP contribution >= 0.6 is 7.82 Å². The molecule has 0 aliphatic heterocycles. The minimum atomic E-state index is -4.64. The maximum Gasteiger partial charge on any atom is 0.466 e. The number of nitrogens with two attached hydrogens (primary N) is 2. The van der Waals surface area contributed by atoms with E-state index in [9.17, 15) is 4.79 Å². The van der Waals surface area contributed by atoms with Crippen molar-refractivity contribution in [2.24, 2.45) is 11.5 Å². The van der Waals surface area contributed by atoms with Crippen LogP contribution < -0.4 is 11.5 Å². The van der Waals surface area contributed by atoms with Crippen LogP contribution in [0.5, 0.6) is 0 Å². The lowest BCUT2D eigenvalue weighted by Crippen LogP contribution is -2.11. The lowest BCUT2D eigenvalue weighted by Gasteiger charge is -1.91. The highest BCUT2D eigenvalue weighted by Gasteiger charge is 2.00. The molecule has 0 bridgehead atoms. The van der Waals surface area contributed by atoms with Gasteiger partial charge in [0, 0.05) is 5.57 Å². The van der Waals surface area contributed by atoms with Gasteiger partial charge in [-0.2, -0.15) is 0 Å². The minimum absolute atomic E-state index is 0.372. The number of carbonyl (C=O) groups is 1. The van der Waals surface area contributed by atoms with Crippen LogP contribution in [0.15, 0.2) is 11.6 Å². The summed E-state index contributed by atoms with van der Waals surface area (Å²) in [6, 6.07) is 0. The van der Waals surface area contributed by atoms with Gasteiger partial charge in [0.1, 0.15) is 0 Å². The molecule has 0 aliphatic carbocycles. The maximum atomic E-state index is 10.3. The van der Waals surface area contributed by atoms with Crippen LogP contribution in [0, 0.1) is 0 Å². The first-order chi connectivity index (χ1) is 6.18. The van der Waals surface area contributed by atoms with Crippen molar-refractivity contribution in [1.82, 2.24) is 0 Å². The van der Waals surface area contributed by atoms with Gasteiger partial charge in [-0.05, 0) is 19.9 Å². The first kappa shape index (κ1) is 15.7. The third-order valence-corrected chi connectivity index (χ3v) is 1.01. The summed E-state index contributed by atoms with van der Waals surface area (Å²) in [5.74, 6) is -0.372. The zero-order valence-corrected chi connectivity index (χ0v) is 8.65. The molecule has 0 fully saturated rings. The van der Waals surface area contributed by atoms with Crippen molar-refractivity contribution in [3.8, 4) is 0 Å². The highest BCUT2D eigenvalue weighted by molar-refractivity contribution is 7.45. The van der Waals surface area contributed by atoms with Gasteiger partial charge in [0.05, 0.1) is 0 Å². The topological polar surface area (TPSA) is 147 Å². The maximum absolute atomic E-state index is 10.3. The van der Waals surface area contributed by atoms with Crippen LogP contribution in [-0.4, -0.2) is 27.1 Å². The number of carbonyl (C=O) groups excluding carboxylic acids is 1. The number of hydrogen-bond acceptors (Lipinski definition) is 3. The first-order valence-corrected chi connectivity index (χ1v) is 5.20. The van der Waals surface area contributed by atoms with E-state index in [1.54, 1.807) is 13.0 Å². The molecule has 0 saturated heterocycles. The fourth-order valence-corrected chi connectivity index (χ4v) is 0.400. The summed E-state index contributed by atoms with van der Waals surface area (Å²) in [4.78, 5) is 31.9. The molecule has 7 N–H and O–H groups in total. The highest BCUT2D eigenvalue weighted by Crippen LogP contribution is 2.25. The van der Waals surface area contributed by atoms with Gasteiger partial charge in [-0.3, -0.25) is 4.79 Å². The van der Waals surface area contributed by atoms with Crippen molar-refractivity contribution in [1.29, 1.82) is 0 Å². The summed E-state index contributed by atoms with van der Waals surface area (Å²) in [6.45, 7) is 2.24. The SMILES string of the molecule is CC(=CCCN)C(N)=O.O=P(O)(O)O. The van der Waals surface area contributed by atoms with E-state index in [1.807, 2.05) is 0 Å². The first-order valence-electron chi connectivity index (χ1n) is 3.63. The second kappa shape index (κ2) is 7.66. The highest BCUT2D eigenvalue weighted by atomic mass is 31.2. The average Bonchev–Trinajstić information content (AvgIpc) is 1.96. The lowest BCUT2D eigenvalue weighted by atomic mass is 10.2. The van der Waals surface area contributed by atoms with E-state index in [1.165, 1.54) is 0 Å². The van der Waals surface area contributed by atoms with Crippen molar-refractivity contribution in [3.05, 3.63) is 11.6 Å². The summed E-state index contributed by atoms with van der Waals surface area (Å²) < 4.78 is 8.88. The van der Waals surface area contributed by atoms with Gasteiger partial charge < -0.3 is 26.1 Å². The van der Waals surface area contributed by atoms with Gasteiger partial charge in [-0.25, -0.2) is 4.57 Å². The number of primary amides is 1. The summed E-state index contributed by atoms with van der Waals surface area (Å²) >= 11 is 0. The fourth-order valence-electron chi connectivity index (χ4n) is 0.400. The fraction of sp³-hybridized carbons (Fsp3) is 0.500. The van der Waals surface area contributed by atoms with Gasteiger partial charge >= 0.3 is 7.82 Å². The second-order valence-corrected chi connectivity index (χ2v) is 3.37. The quantitative estimate of drug-likeness (QED) is 0.303. The van der Waals surface area contributed by atoms with Crippen LogP contribution in [0.2, 0.25) is 0 Å². The zero-order chi connectivity index (χ0) is 11.8. The number of hydrogen-bond donors (Lipinski definition) is 5. The monoisotopic (exact) mass is 226 g/mol. The predicted molar refractivity (Wildman–Crippen MR) is 50.9 cm³/mol. The Morgan fingerprint density at radius 1 is 1.43 bits per heavy atom. The molecule has 0 heterocycles. The van der Waals surface area contributed by atoms with E-state index in [0.717, 1.165) is 6.42 Å². The molecular weight excluding hydrogens is 211 g/mol. The Kier molecular flexibility index (Phi) is 8.61. The molecule has 84 valence electrons. The molecular formula is C6H15N2O5P. The molecule has 0 saturated carbocycles. The molecule has 0 radical (unpaired) electrons. The second-order valence-electron chi connectivity index (χ2n) is 2.34. The molecule has 1 amide bonds. The Bertz CT molecular complexity index is 238. The Morgan fingerprint density at radius 2 is 1.79 bits per heavy atom. The van der Waals surface area contributed by atoms with Crippen LogP contribution in [0.4, 0.5) is 0 Å². The summed E-state index contributed by atoms with van der Waals surface area (Å²) in [5.41, 5.74) is 10.7. The normalized spacial score (nSPS) is 11.6. The van der Waals surface area contributed by atoms with E-state index in [4.69, 9.17) is 30.7 Å². The molecule has 0 aromatic carbocycles. The Hall–Kier alpha value is -0.720. The van der Waals surface area contributed by atoms with Crippen molar-refractivity contribution >= 4 is 13.7 Å². The van der Waals surface area contributed by atoms with E-state index < -0.39 is 7.82 Å². The molecule has 8 heteroatoms. The van der Waals surface area contributed by atoms with Gasteiger partial charge in [0.25, 0.3) is 0 Å². The van der Waals surface area contributed by atoms with Gasteiger partial charge in [0.2, 0.25) is 5.91 Å². The molecule has 0 spiro atoms. The van der Waals surface area contributed by atoms with Crippen LogP contribution in [-0.2, 0) is 9.36 Å². The largest absolute Gasteiger partial charge is 0.466 e. The van der Waals surface area contributed by atoms with Crippen molar-refractivity contribution in [3.63, 3.8) is 0 Å². The summed E-state index contributed by atoms with van der Waals surface area (Å²) in [7, 11) is -4.64. The van der Waals surface area contributed by atoms with Crippen LogP contribution in [0.3, 0.4) is 0 Å². The molecule has 0 aliphatic rings. The molecule has 14 heavy (non-hydrogen) atoms. The Morgan fingerprint density at radius 3 is 2.00 bits per heavy atom. The molecule has 7 nitrogen and oxygen atoms in total. The van der Waals surface area contributed by atoms with E-state index in [0.29, 0.717) is 12.1 Å². The van der Waals surface area contributed by atoms with Crippen molar-refractivity contribution < 1.29 is 24.0 Å². The third-order valence-electron chi connectivity index (χ3n) is 1.01. The summed E-state index contributed by atoms with van der Waals surface area (Å²) in [6.07, 6.45) is 2.46. The molecule has 0 atom stereocenters. The van der Waals surface area contributed by atoms with E-state index >= 15 is 0 Å². The minimum Gasteiger partial charge on any atom is -0.366 e. The number of amides is 1. The van der Waals surface area contributed by atoms with Gasteiger partial charge in [0.15, 0.2) is 0 Å². The van der Waals surface area contributed by atoms with Crippen molar-refractivity contribution in [2.75, 3.05) is 6.54 Å². The number of rotatable bonds is 3. The van der Waals surface area contributed by atoms with Crippen LogP contribution in [0.25, 0.3) is 0 Å². The predicted octanol–water partition coefficient (Wildman–Crippen LogP) is -1.16. The van der Waals surface area contributed by atoms with E-state index in [-0.39, 0.29) is 5.91 Å². The molecule has 0 rings (SSSR count). The third kappa shape index (κ3) is 22.5. The standard InChI is InChI=1S/C6H12N2O.H3O4P/c1-5(6(8)9)3-2-4-7;1-5(2,3)4/h3H,2,4,7H2,1H3,(H2,8,9);(H3,1,2,3,4). The summed E-state index contributed by atoms with van der Waals surface area (Å²) in [5, 5.41) is 0. The zero-order valence-electron chi connectivity index (χ0n) is 7.75. The molecule has 0 unspecified atom stereocenters. The Balaban J connectivity index is 0. The Labute approximate surface area is 81.7 Å². The average molecular weight is 226 g/mol. The lowest BCUT2D eigenvalue weighted by molar-refractivity contribution is -0.114. The van der Waals surface area contributed by atoms with Gasteiger partial charge in [-0.15, -0.1) is 0 Å². The van der Waals surface area contributed by atoms with Crippen molar-refractivity contribution in [2.45, 2.75) is 13.3 Å². The van der Waals surface area contributed by atoms with Crippen LogP contribution in [0.1, 0.15) is 13.3 Å².